The molecule has 0 aliphatic heterocycles. The number of benzene rings is 1. The van der Waals surface area contributed by atoms with E-state index in [4.69, 9.17) is 0 Å². The second kappa shape index (κ2) is 5.97. The lowest BCUT2D eigenvalue weighted by molar-refractivity contribution is 0.191. The van der Waals surface area contributed by atoms with E-state index in [-0.39, 0.29) is 6.54 Å². The predicted octanol–water partition coefficient (Wildman–Crippen LogP) is 0.116. The first-order chi connectivity index (χ1) is 11.4. The predicted molar refractivity (Wildman–Crippen MR) is 91.1 cm³/mol. The molecule has 0 radical (unpaired) electrons. The maximum absolute atomic E-state index is 12.3. The number of aliphatic hydroxyl groups is 1. The number of anilines is 1. The van der Waals surface area contributed by atoms with E-state index < -0.39 is 17.4 Å². The van der Waals surface area contributed by atoms with Gasteiger partial charge in [0, 0.05) is 27.7 Å². The van der Waals surface area contributed by atoms with E-state index >= 15 is 0 Å². The van der Waals surface area contributed by atoms with E-state index in [0.29, 0.717) is 17.1 Å². The molecule has 126 valence electrons. The highest BCUT2D eigenvalue weighted by Crippen LogP contribution is 2.16. The normalized spacial score (nSPS) is 12.5. The average Bonchev–Trinajstić information content (AvgIpc) is 2.93. The second-order valence-electron chi connectivity index (χ2n) is 5.68. The molecule has 2 heterocycles. The van der Waals surface area contributed by atoms with Gasteiger partial charge in [0.15, 0.2) is 11.2 Å². The van der Waals surface area contributed by atoms with Crippen molar-refractivity contribution in [3.05, 3.63) is 56.7 Å². The van der Waals surface area contributed by atoms with Gasteiger partial charge in [0.1, 0.15) is 0 Å². The first-order valence-electron chi connectivity index (χ1n) is 7.51. The molecule has 0 saturated carbocycles. The van der Waals surface area contributed by atoms with Gasteiger partial charge in [-0.3, -0.25) is 13.9 Å². The standard InChI is InChI=1S/C16H19N5O3/c1-19-12-13(20(2)16(24)21(3)14(12)23)18-15(19)17-9-11(22)10-7-5-4-6-8-10/h4-8,11,22H,9H2,1-3H3,(H,17,18)/t11-/m0/s1. The number of aromatic nitrogens is 4. The van der Waals surface area contributed by atoms with Crippen molar-refractivity contribution in [1.82, 2.24) is 18.7 Å². The minimum absolute atomic E-state index is 0.232. The van der Waals surface area contributed by atoms with Crippen molar-refractivity contribution in [3.8, 4) is 0 Å². The molecular formula is C16H19N5O3. The summed E-state index contributed by atoms with van der Waals surface area (Å²) in [5.74, 6) is 0.415. The van der Waals surface area contributed by atoms with Crippen molar-refractivity contribution in [2.75, 3.05) is 11.9 Å². The highest BCUT2D eigenvalue weighted by atomic mass is 16.3. The molecule has 3 rings (SSSR count). The molecule has 1 aromatic carbocycles. The van der Waals surface area contributed by atoms with Gasteiger partial charge in [-0.15, -0.1) is 0 Å². The zero-order valence-corrected chi connectivity index (χ0v) is 13.7. The number of aliphatic hydroxyl groups excluding tert-OH is 1. The summed E-state index contributed by atoms with van der Waals surface area (Å²) in [6.07, 6.45) is -0.710. The van der Waals surface area contributed by atoms with Crippen LogP contribution < -0.4 is 16.6 Å². The molecule has 8 nitrogen and oxygen atoms in total. The van der Waals surface area contributed by atoms with E-state index in [9.17, 15) is 14.7 Å². The quantitative estimate of drug-likeness (QED) is 0.709. The van der Waals surface area contributed by atoms with Crippen molar-refractivity contribution in [2.45, 2.75) is 6.10 Å². The summed E-state index contributed by atoms with van der Waals surface area (Å²) in [6.45, 7) is 0.232. The van der Waals surface area contributed by atoms with Gasteiger partial charge in [-0.05, 0) is 5.56 Å². The third-order valence-electron chi connectivity index (χ3n) is 4.11. The Labute approximate surface area is 137 Å². The number of nitrogens with one attached hydrogen (secondary N) is 1. The van der Waals surface area contributed by atoms with Crippen LogP contribution in [-0.4, -0.2) is 30.3 Å². The molecule has 0 bridgehead atoms. The van der Waals surface area contributed by atoms with E-state index in [1.807, 2.05) is 30.3 Å². The van der Waals surface area contributed by atoms with Gasteiger partial charge in [0.05, 0.1) is 6.10 Å². The highest BCUT2D eigenvalue weighted by Gasteiger charge is 2.17. The zero-order chi connectivity index (χ0) is 17.4. The minimum atomic E-state index is -0.710. The van der Waals surface area contributed by atoms with E-state index in [2.05, 4.69) is 10.3 Å². The van der Waals surface area contributed by atoms with Crippen LogP contribution in [0.15, 0.2) is 39.9 Å². The van der Waals surface area contributed by atoms with Crippen molar-refractivity contribution >= 4 is 17.1 Å². The Kier molecular flexibility index (Phi) is 3.98. The maximum atomic E-state index is 12.3. The van der Waals surface area contributed by atoms with Crippen molar-refractivity contribution in [2.24, 2.45) is 21.1 Å². The van der Waals surface area contributed by atoms with E-state index in [1.165, 1.54) is 11.6 Å². The molecule has 0 aliphatic carbocycles. The van der Waals surface area contributed by atoms with Gasteiger partial charge >= 0.3 is 5.69 Å². The number of aryl methyl sites for hydroxylation is 2. The van der Waals surface area contributed by atoms with E-state index in [0.717, 1.165) is 10.1 Å². The van der Waals surface area contributed by atoms with Crippen LogP contribution in [0.2, 0.25) is 0 Å². The van der Waals surface area contributed by atoms with Gasteiger partial charge in [-0.2, -0.15) is 4.98 Å². The molecule has 0 unspecified atom stereocenters. The average molecular weight is 329 g/mol. The molecule has 0 spiro atoms. The summed E-state index contributed by atoms with van der Waals surface area (Å²) in [5.41, 5.74) is 0.590. The molecule has 0 saturated heterocycles. The number of imidazole rings is 1. The van der Waals surface area contributed by atoms with Crippen LogP contribution in [0, 0.1) is 0 Å². The maximum Gasteiger partial charge on any atom is 0.332 e. The Morgan fingerprint density at radius 2 is 1.75 bits per heavy atom. The Morgan fingerprint density at radius 1 is 1.08 bits per heavy atom. The van der Waals surface area contributed by atoms with Crippen LogP contribution in [0.25, 0.3) is 11.2 Å². The number of hydrogen-bond acceptors (Lipinski definition) is 5. The number of hydrogen-bond donors (Lipinski definition) is 2. The number of rotatable bonds is 4. The lowest BCUT2D eigenvalue weighted by atomic mass is 10.1. The molecule has 0 amide bonds. The Hall–Kier alpha value is -2.87. The minimum Gasteiger partial charge on any atom is -0.387 e. The first-order valence-corrected chi connectivity index (χ1v) is 7.51. The molecule has 3 aromatic rings. The molecule has 2 N–H and O–H groups in total. The van der Waals surface area contributed by atoms with Crippen LogP contribution in [-0.2, 0) is 21.1 Å². The lowest BCUT2D eigenvalue weighted by Gasteiger charge is -2.12. The summed E-state index contributed by atoms with van der Waals surface area (Å²) in [5, 5.41) is 13.3. The summed E-state index contributed by atoms with van der Waals surface area (Å²) < 4.78 is 3.97. The molecule has 8 heteroatoms. The van der Waals surface area contributed by atoms with Gasteiger partial charge in [0.2, 0.25) is 5.95 Å². The van der Waals surface area contributed by atoms with E-state index in [1.54, 1.807) is 18.7 Å². The third kappa shape index (κ3) is 2.50. The Balaban J connectivity index is 1.95. The van der Waals surface area contributed by atoms with Crippen molar-refractivity contribution < 1.29 is 5.11 Å². The SMILES string of the molecule is Cn1c(=O)c2c(nc(NC[C@H](O)c3ccccc3)n2C)n(C)c1=O. The first kappa shape index (κ1) is 16.0. The second-order valence-corrected chi connectivity index (χ2v) is 5.68. The fourth-order valence-corrected chi connectivity index (χ4v) is 2.66. The van der Waals surface area contributed by atoms with Crippen LogP contribution in [0.3, 0.4) is 0 Å². The third-order valence-corrected chi connectivity index (χ3v) is 4.11. The smallest absolute Gasteiger partial charge is 0.332 e. The molecule has 2 aromatic heterocycles. The van der Waals surface area contributed by atoms with Gasteiger partial charge < -0.3 is 15.0 Å². The van der Waals surface area contributed by atoms with Crippen LogP contribution in [0.1, 0.15) is 11.7 Å². The van der Waals surface area contributed by atoms with Gasteiger partial charge in [-0.1, -0.05) is 30.3 Å². The summed E-state index contributed by atoms with van der Waals surface area (Å²) >= 11 is 0. The van der Waals surface area contributed by atoms with Gasteiger partial charge in [-0.25, -0.2) is 4.79 Å². The molecule has 0 aliphatic rings. The largest absolute Gasteiger partial charge is 0.387 e. The zero-order valence-electron chi connectivity index (χ0n) is 13.7. The molecule has 0 fully saturated rings. The Bertz CT molecular complexity index is 1000. The monoisotopic (exact) mass is 329 g/mol. The summed E-state index contributed by atoms with van der Waals surface area (Å²) in [4.78, 5) is 28.6. The topological polar surface area (TPSA) is 94.1 Å². The number of nitrogens with zero attached hydrogens (tertiary/aromatic N) is 4. The fourth-order valence-electron chi connectivity index (χ4n) is 2.66. The molecule has 1 atom stereocenters. The Morgan fingerprint density at radius 3 is 2.42 bits per heavy atom. The van der Waals surface area contributed by atoms with Crippen LogP contribution >= 0.6 is 0 Å². The molecule has 24 heavy (non-hydrogen) atoms. The lowest BCUT2D eigenvalue weighted by Crippen LogP contribution is -2.37. The van der Waals surface area contributed by atoms with Gasteiger partial charge in [0.25, 0.3) is 5.56 Å². The molecular weight excluding hydrogens is 310 g/mol. The number of fused-ring (bicyclic) bond motifs is 1. The van der Waals surface area contributed by atoms with Crippen molar-refractivity contribution in [3.63, 3.8) is 0 Å². The van der Waals surface area contributed by atoms with Crippen LogP contribution in [0.5, 0.6) is 0 Å². The van der Waals surface area contributed by atoms with Crippen LogP contribution in [0.4, 0.5) is 5.95 Å². The summed E-state index contributed by atoms with van der Waals surface area (Å²) in [7, 11) is 4.70. The highest BCUT2D eigenvalue weighted by molar-refractivity contribution is 5.74. The van der Waals surface area contributed by atoms with Crippen molar-refractivity contribution in [1.29, 1.82) is 0 Å². The fraction of sp³-hybridized carbons (Fsp3) is 0.312. The summed E-state index contributed by atoms with van der Waals surface area (Å²) in [6, 6.07) is 9.26.